The van der Waals surface area contributed by atoms with Gasteiger partial charge in [0.1, 0.15) is 17.5 Å². The van der Waals surface area contributed by atoms with Crippen LogP contribution >= 0.6 is 0 Å². The van der Waals surface area contributed by atoms with Crippen molar-refractivity contribution in [3.8, 4) is 23.7 Å². The summed E-state index contributed by atoms with van der Waals surface area (Å²) < 4.78 is 7.19. The first-order valence-corrected chi connectivity index (χ1v) is 9.10. The number of fused-ring (bicyclic) bond motifs is 1. The number of amides is 1. The van der Waals surface area contributed by atoms with Gasteiger partial charge in [-0.05, 0) is 55.2 Å². The van der Waals surface area contributed by atoms with Gasteiger partial charge in [0, 0.05) is 35.7 Å². The highest BCUT2D eigenvalue weighted by atomic mass is 16.5. The maximum absolute atomic E-state index is 11.8. The van der Waals surface area contributed by atoms with Gasteiger partial charge in [-0.1, -0.05) is 5.92 Å². The average molecular weight is 369 g/mol. The molecule has 0 unspecified atom stereocenters. The highest BCUT2D eigenvalue weighted by Crippen LogP contribution is 2.30. The van der Waals surface area contributed by atoms with E-state index in [1.165, 1.54) is 0 Å². The summed E-state index contributed by atoms with van der Waals surface area (Å²) in [5.41, 5.74) is 3.71. The molecule has 2 aromatic carbocycles. The van der Waals surface area contributed by atoms with E-state index in [1.807, 2.05) is 54.1 Å². The van der Waals surface area contributed by atoms with Crippen LogP contribution in [0.5, 0.6) is 5.75 Å². The minimum absolute atomic E-state index is 0.0865. The van der Waals surface area contributed by atoms with Gasteiger partial charge in [0.2, 0.25) is 5.91 Å². The van der Waals surface area contributed by atoms with Gasteiger partial charge in [0.05, 0.1) is 18.2 Å². The summed E-state index contributed by atoms with van der Waals surface area (Å²) in [7, 11) is 3.51. The Morgan fingerprint density at radius 3 is 2.57 bits per heavy atom. The van der Waals surface area contributed by atoms with Crippen LogP contribution in [0, 0.1) is 29.1 Å². The van der Waals surface area contributed by atoms with Crippen molar-refractivity contribution in [3.05, 3.63) is 59.3 Å². The summed E-state index contributed by atoms with van der Waals surface area (Å²) in [6.45, 7) is 0. The number of rotatable bonds is 3. The molecule has 0 radical (unpaired) electrons. The molecule has 4 rings (SSSR count). The van der Waals surface area contributed by atoms with Gasteiger partial charge in [-0.15, -0.1) is 0 Å². The van der Waals surface area contributed by atoms with E-state index in [4.69, 9.17) is 4.74 Å². The Bertz CT molecular complexity index is 1170. The van der Waals surface area contributed by atoms with E-state index in [9.17, 15) is 10.1 Å². The molecule has 28 heavy (non-hydrogen) atoms. The first kappa shape index (κ1) is 17.7. The van der Waals surface area contributed by atoms with Gasteiger partial charge in [-0.3, -0.25) is 4.79 Å². The Hall–Kier alpha value is -3.70. The Balaban J connectivity index is 1.63. The molecular weight excluding hydrogens is 350 g/mol. The number of nitrogens with one attached hydrogen (secondary N) is 1. The number of benzene rings is 2. The van der Waals surface area contributed by atoms with Crippen LogP contribution in [-0.4, -0.2) is 17.6 Å². The zero-order chi connectivity index (χ0) is 19.7. The molecule has 1 N–H and O–H groups in total. The fourth-order valence-corrected chi connectivity index (χ4v) is 3.16. The van der Waals surface area contributed by atoms with Crippen LogP contribution in [0.25, 0.3) is 10.9 Å². The molecule has 5 heteroatoms. The molecule has 0 bridgehead atoms. The van der Waals surface area contributed by atoms with Gasteiger partial charge in [-0.2, -0.15) is 5.26 Å². The minimum Gasteiger partial charge on any atom is -0.497 e. The van der Waals surface area contributed by atoms with Gasteiger partial charge >= 0.3 is 0 Å². The lowest BCUT2D eigenvalue weighted by molar-refractivity contribution is -0.117. The molecule has 138 valence electrons. The van der Waals surface area contributed by atoms with Crippen LogP contribution in [0.4, 0.5) is 5.69 Å². The van der Waals surface area contributed by atoms with Gasteiger partial charge in [0.25, 0.3) is 0 Å². The maximum atomic E-state index is 11.8. The van der Waals surface area contributed by atoms with E-state index in [-0.39, 0.29) is 11.8 Å². The number of ether oxygens (including phenoxy) is 1. The van der Waals surface area contributed by atoms with E-state index in [2.05, 4.69) is 23.2 Å². The highest BCUT2D eigenvalue weighted by Gasteiger charge is 2.29. The molecule has 0 atom stereocenters. The SMILES string of the molecule is COc1ccc2c(C#N)c(C#Cc3ccc(NC(=O)C4CC4)cc3)n(C)c2c1. The summed E-state index contributed by atoms with van der Waals surface area (Å²) in [5.74, 6) is 7.24. The van der Waals surface area contributed by atoms with E-state index in [0.29, 0.717) is 11.3 Å². The molecule has 5 nitrogen and oxygen atoms in total. The summed E-state index contributed by atoms with van der Waals surface area (Å²) in [5, 5.41) is 13.4. The third-order valence-corrected chi connectivity index (χ3v) is 4.95. The van der Waals surface area contributed by atoms with E-state index >= 15 is 0 Å². The van der Waals surface area contributed by atoms with Crippen molar-refractivity contribution in [1.82, 2.24) is 4.57 Å². The molecule has 1 aliphatic rings. The molecule has 3 aromatic rings. The van der Waals surface area contributed by atoms with Crippen LogP contribution in [-0.2, 0) is 11.8 Å². The molecule has 1 aliphatic carbocycles. The lowest BCUT2D eigenvalue weighted by atomic mass is 10.1. The largest absolute Gasteiger partial charge is 0.497 e. The fourth-order valence-electron chi connectivity index (χ4n) is 3.16. The predicted octanol–water partition coefficient (Wildman–Crippen LogP) is 3.81. The van der Waals surface area contributed by atoms with Crippen LogP contribution in [0.2, 0.25) is 0 Å². The molecular formula is C23H19N3O2. The number of methoxy groups -OCH3 is 1. The van der Waals surface area contributed by atoms with Crippen molar-refractivity contribution in [3.63, 3.8) is 0 Å². The third-order valence-electron chi connectivity index (χ3n) is 4.95. The van der Waals surface area contributed by atoms with Gasteiger partial charge in [-0.25, -0.2) is 0 Å². The molecule has 1 aromatic heterocycles. The standard InChI is InChI=1S/C23H19N3O2/c1-26-21(20(14-24)19-11-10-18(28-2)13-22(19)26)12-5-15-3-8-17(9-4-15)25-23(27)16-6-7-16/h3-4,8-11,13,16H,6-7H2,1-2H3,(H,25,27). The topological polar surface area (TPSA) is 67.0 Å². The lowest BCUT2D eigenvalue weighted by Gasteiger charge is -2.03. The second kappa shape index (κ2) is 7.13. The molecule has 1 heterocycles. The smallest absolute Gasteiger partial charge is 0.227 e. The molecule has 0 aliphatic heterocycles. The second-order valence-electron chi connectivity index (χ2n) is 6.87. The van der Waals surface area contributed by atoms with Crippen LogP contribution in [0.3, 0.4) is 0 Å². The monoisotopic (exact) mass is 369 g/mol. The number of hydrogen-bond donors (Lipinski definition) is 1. The average Bonchev–Trinajstić information content (AvgIpc) is 3.53. The molecule has 1 fully saturated rings. The number of nitriles is 1. The Morgan fingerprint density at radius 2 is 1.93 bits per heavy atom. The number of carbonyl (C=O) groups excluding carboxylic acids is 1. The van der Waals surface area contributed by atoms with E-state index in [1.54, 1.807) is 7.11 Å². The molecule has 0 saturated heterocycles. The molecule has 1 saturated carbocycles. The first-order chi connectivity index (χ1) is 13.6. The quantitative estimate of drug-likeness (QED) is 0.714. The van der Waals surface area contributed by atoms with Gasteiger partial charge < -0.3 is 14.6 Å². The number of aryl methyl sites for hydroxylation is 1. The van der Waals surface area contributed by atoms with Crippen molar-refractivity contribution in [1.29, 1.82) is 5.26 Å². The Labute approximate surface area is 163 Å². The van der Waals surface area contributed by atoms with Crippen molar-refractivity contribution in [2.45, 2.75) is 12.8 Å². The number of anilines is 1. The molecule has 1 amide bonds. The zero-order valence-electron chi connectivity index (χ0n) is 15.7. The summed E-state index contributed by atoms with van der Waals surface area (Å²) in [6, 6.07) is 15.3. The number of nitrogens with zero attached hydrogens (tertiary/aromatic N) is 2. The second-order valence-corrected chi connectivity index (χ2v) is 6.87. The number of carbonyl (C=O) groups is 1. The van der Waals surface area contributed by atoms with Crippen LogP contribution in [0.15, 0.2) is 42.5 Å². The van der Waals surface area contributed by atoms with Crippen molar-refractivity contribution in [2.75, 3.05) is 12.4 Å². The van der Waals surface area contributed by atoms with Crippen molar-refractivity contribution in [2.24, 2.45) is 13.0 Å². The lowest BCUT2D eigenvalue weighted by Crippen LogP contribution is -2.12. The highest BCUT2D eigenvalue weighted by molar-refractivity contribution is 5.94. The maximum Gasteiger partial charge on any atom is 0.227 e. The van der Waals surface area contributed by atoms with Crippen molar-refractivity contribution >= 4 is 22.5 Å². The number of hydrogen-bond acceptors (Lipinski definition) is 3. The summed E-state index contributed by atoms with van der Waals surface area (Å²) in [6.07, 6.45) is 1.96. The zero-order valence-corrected chi connectivity index (χ0v) is 15.7. The van der Waals surface area contributed by atoms with E-state index in [0.717, 1.165) is 40.7 Å². The first-order valence-electron chi connectivity index (χ1n) is 9.10. The van der Waals surface area contributed by atoms with Gasteiger partial charge in [0.15, 0.2) is 0 Å². The summed E-state index contributed by atoms with van der Waals surface area (Å²) >= 11 is 0. The Kier molecular flexibility index (Phi) is 4.51. The Morgan fingerprint density at radius 1 is 1.18 bits per heavy atom. The molecule has 0 spiro atoms. The van der Waals surface area contributed by atoms with Crippen LogP contribution < -0.4 is 10.1 Å². The predicted molar refractivity (Wildman–Crippen MR) is 108 cm³/mol. The third kappa shape index (κ3) is 3.31. The summed E-state index contributed by atoms with van der Waals surface area (Å²) in [4.78, 5) is 11.8. The normalized spacial score (nSPS) is 12.8. The number of aromatic nitrogens is 1. The van der Waals surface area contributed by atoms with Crippen LogP contribution in [0.1, 0.15) is 29.7 Å². The van der Waals surface area contributed by atoms with E-state index < -0.39 is 0 Å². The fraction of sp³-hybridized carbons (Fsp3) is 0.217. The minimum atomic E-state index is 0.0865. The van der Waals surface area contributed by atoms with Crippen molar-refractivity contribution < 1.29 is 9.53 Å².